The number of aliphatic hydroxyl groups is 1. The zero-order chi connectivity index (χ0) is 12.8. The highest BCUT2D eigenvalue weighted by Crippen LogP contribution is 2.00. The third-order valence-electron chi connectivity index (χ3n) is 1.44. The Morgan fingerprint density at radius 1 is 1.19 bits per heavy atom. The molecule has 0 saturated carbocycles. The van der Waals surface area contributed by atoms with Crippen molar-refractivity contribution in [3.05, 3.63) is 35.9 Å². The van der Waals surface area contributed by atoms with E-state index in [0.29, 0.717) is 12.7 Å². The summed E-state index contributed by atoms with van der Waals surface area (Å²) in [6, 6.07) is 9.43. The van der Waals surface area contributed by atoms with E-state index >= 15 is 0 Å². The molecule has 1 aromatic rings. The largest absolute Gasteiger partial charge is 0.385 e. The minimum absolute atomic E-state index is 0.407. The van der Waals surface area contributed by atoms with Gasteiger partial charge in [-0.15, -0.1) is 0 Å². The highest BCUT2D eigenvalue weighted by atomic mass is 16.3. The van der Waals surface area contributed by atoms with Gasteiger partial charge in [0.15, 0.2) is 0 Å². The number of carbonyl (C=O) groups is 1. The van der Waals surface area contributed by atoms with Gasteiger partial charge in [-0.3, -0.25) is 0 Å². The van der Waals surface area contributed by atoms with Crippen LogP contribution in [0.15, 0.2) is 30.3 Å². The second-order valence-corrected chi connectivity index (χ2v) is 3.10. The van der Waals surface area contributed by atoms with E-state index in [9.17, 15) is 4.79 Å². The zero-order valence-electron chi connectivity index (χ0n) is 10.8. The molecule has 0 aliphatic rings. The van der Waals surface area contributed by atoms with Gasteiger partial charge in [0.2, 0.25) is 0 Å². The second-order valence-electron chi connectivity index (χ2n) is 3.10. The summed E-state index contributed by atoms with van der Waals surface area (Å²) in [7, 11) is 0. The molecular formula is C14H24O2. The quantitative estimate of drug-likeness (QED) is 0.800. The van der Waals surface area contributed by atoms with Crippen molar-refractivity contribution in [3.63, 3.8) is 0 Å². The average molecular weight is 224 g/mol. The second kappa shape index (κ2) is 13.8. The van der Waals surface area contributed by atoms with Gasteiger partial charge < -0.3 is 9.90 Å². The molecule has 0 radical (unpaired) electrons. The number of benzene rings is 1. The van der Waals surface area contributed by atoms with Crippen LogP contribution in [0.5, 0.6) is 0 Å². The topological polar surface area (TPSA) is 37.3 Å². The first-order chi connectivity index (χ1) is 7.74. The number of hydrogen-bond donors (Lipinski definition) is 1. The minimum Gasteiger partial charge on any atom is -0.385 e. The number of hydrogen-bond acceptors (Lipinski definition) is 2. The van der Waals surface area contributed by atoms with Gasteiger partial charge in [-0.05, 0) is 5.56 Å². The molecule has 2 heteroatoms. The smallest absolute Gasteiger partial charge is 0.148 e. The number of rotatable bonds is 3. The van der Waals surface area contributed by atoms with Crippen LogP contribution in [0.4, 0.5) is 0 Å². The Bertz CT molecular complexity index is 232. The normalized spacial score (nSPS) is 10.1. The van der Waals surface area contributed by atoms with Crippen LogP contribution in [0.2, 0.25) is 0 Å². The molecule has 1 N–H and O–H groups in total. The van der Waals surface area contributed by atoms with E-state index in [0.717, 1.165) is 5.56 Å². The van der Waals surface area contributed by atoms with Crippen molar-refractivity contribution in [2.75, 3.05) is 0 Å². The maximum absolute atomic E-state index is 10.1. The first-order valence-electron chi connectivity index (χ1n) is 5.91. The number of aldehydes is 1. The van der Waals surface area contributed by atoms with Crippen LogP contribution in [0, 0.1) is 0 Å². The van der Waals surface area contributed by atoms with Crippen molar-refractivity contribution in [1.82, 2.24) is 0 Å². The van der Waals surface area contributed by atoms with Crippen LogP contribution in [-0.4, -0.2) is 17.5 Å². The molecule has 2 nitrogen and oxygen atoms in total. The van der Waals surface area contributed by atoms with Crippen molar-refractivity contribution >= 4 is 6.29 Å². The SMILES string of the molecule is CC.CCC.O=CC(O)Cc1ccccc1. The Kier molecular flexibility index (Phi) is 14.9. The Hall–Kier alpha value is -1.15. The zero-order valence-corrected chi connectivity index (χ0v) is 10.8. The van der Waals surface area contributed by atoms with E-state index in [1.165, 1.54) is 6.42 Å². The van der Waals surface area contributed by atoms with Crippen molar-refractivity contribution < 1.29 is 9.90 Å². The van der Waals surface area contributed by atoms with Crippen LogP contribution in [0.1, 0.15) is 39.7 Å². The van der Waals surface area contributed by atoms with E-state index in [1.807, 2.05) is 44.2 Å². The van der Waals surface area contributed by atoms with Crippen molar-refractivity contribution in [2.45, 2.75) is 46.6 Å². The van der Waals surface area contributed by atoms with Gasteiger partial charge >= 0.3 is 0 Å². The summed E-state index contributed by atoms with van der Waals surface area (Å²) in [4.78, 5) is 10.1. The molecule has 16 heavy (non-hydrogen) atoms. The summed E-state index contributed by atoms with van der Waals surface area (Å²) in [6.45, 7) is 8.25. The molecule has 0 aliphatic heterocycles. The molecule has 0 amide bonds. The molecule has 1 aromatic carbocycles. The highest BCUT2D eigenvalue weighted by Gasteiger charge is 2.01. The Labute approximate surface area is 99.3 Å². The molecule has 0 saturated heterocycles. The molecule has 0 aliphatic carbocycles. The maximum Gasteiger partial charge on any atom is 0.148 e. The summed E-state index contributed by atoms with van der Waals surface area (Å²) in [5, 5.41) is 8.94. The summed E-state index contributed by atoms with van der Waals surface area (Å²) in [6.07, 6.45) is 1.34. The van der Waals surface area contributed by atoms with Gasteiger partial charge in [0.1, 0.15) is 12.4 Å². The van der Waals surface area contributed by atoms with Crippen molar-refractivity contribution in [2.24, 2.45) is 0 Å². The fourth-order valence-corrected chi connectivity index (χ4v) is 0.904. The molecule has 92 valence electrons. The third kappa shape index (κ3) is 10.9. The maximum atomic E-state index is 10.1. The summed E-state index contributed by atoms with van der Waals surface area (Å²) < 4.78 is 0. The molecule has 1 rings (SSSR count). The average Bonchev–Trinajstić information content (AvgIpc) is 2.34. The fourth-order valence-electron chi connectivity index (χ4n) is 0.904. The first-order valence-corrected chi connectivity index (χ1v) is 5.91. The van der Waals surface area contributed by atoms with Gasteiger partial charge in [0.05, 0.1) is 0 Å². The Balaban J connectivity index is 0. The van der Waals surface area contributed by atoms with E-state index in [4.69, 9.17) is 5.11 Å². The Morgan fingerprint density at radius 3 is 2.00 bits per heavy atom. The number of carbonyl (C=O) groups excluding carboxylic acids is 1. The van der Waals surface area contributed by atoms with Gasteiger partial charge in [0, 0.05) is 6.42 Å². The van der Waals surface area contributed by atoms with Crippen molar-refractivity contribution in [3.8, 4) is 0 Å². The lowest BCUT2D eigenvalue weighted by molar-refractivity contribution is -0.114. The molecule has 1 atom stereocenters. The van der Waals surface area contributed by atoms with E-state index < -0.39 is 6.10 Å². The number of aliphatic hydroxyl groups excluding tert-OH is 1. The predicted molar refractivity (Wildman–Crippen MR) is 69.5 cm³/mol. The fraction of sp³-hybridized carbons (Fsp3) is 0.500. The van der Waals surface area contributed by atoms with E-state index in [1.54, 1.807) is 0 Å². The monoisotopic (exact) mass is 224 g/mol. The van der Waals surface area contributed by atoms with Crippen molar-refractivity contribution in [1.29, 1.82) is 0 Å². The molecule has 1 unspecified atom stereocenters. The molecule has 0 spiro atoms. The molecule has 0 fully saturated rings. The van der Waals surface area contributed by atoms with Gasteiger partial charge in [0.25, 0.3) is 0 Å². The van der Waals surface area contributed by atoms with Gasteiger partial charge in [-0.25, -0.2) is 0 Å². The highest BCUT2D eigenvalue weighted by molar-refractivity contribution is 5.56. The summed E-state index contributed by atoms with van der Waals surface area (Å²) >= 11 is 0. The predicted octanol–water partition coefficient (Wildman–Crippen LogP) is 3.23. The van der Waals surface area contributed by atoms with Gasteiger partial charge in [-0.2, -0.15) is 0 Å². The van der Waals surface area contributed by atoms with Crippen LogP contribution < -0.4 is 0 Å². The lowest BCUT2D eigenvalue weighted by atomic mass is 10.1. The molecule has 0 aromatic heterocycles. The Morgan fingerprint density at radius 2 is 1.62 bits per heavy atom. The standard InChI is InChI=1S/C9H10O2.C3H8.C2H6/c10-7-9(11)6-8-4-2-1-3-5-8;1-3-2;1-2/h1-5,7,9,11H,6H2;3H2,1-2H3;1-2H3. The minimum atomic E-state index is -0.864. The van der Waals surface area contributed by atoms with Crippen LogP contribution >= 0.6 is 0 Å². The molecule has 0 heterocycles. The van der Waals surface area contributed by atoms with E-state index in [2.05, 4.69) is 13.8 Å². The third-order valence-corrected chi connectivity index (χ3v) is 1.44. The molecular weight excluding hydrogens is 200 g/mol. The molecule has 0 bridgehead atoms. The lowest BCUT2D eigenvalue weighted by Gasteiger charge is -2.01. The lowest BCUT2D eigenvalue weighted by Crippen LogP contribution is -2.10. The van der Waals surface area contributed by atoms with Crippen LogP contribution in [-0.2, 0) is 11.2 Å². The van der Waals surface area contributed by atoms with Crippen LogP contribution in [0.3, 0.4) is 0 Å². The summed E-state index contributed by atoms with van der Waals surface area (Å²) in [5.74, 6) is 0. The van der Waals surface area contributed by atoms with Crippen LogP contribution in [0.25, 0.3) is 0 Å². The van der Waals surface area contributed by atoms with Gasteiger partial charge in [-0.1, -0.05) is 64.4 Å². The first kappa shape index (κ1) is 17.3. The summed E-state index contributed by atoms with van der Waals surface area (Å²) in [5.41, 5.74) is 0.979. The van der Waals surface area contributed by atoms with E-state index in [-0.39, 0.29) is 0 Å².